The second-order valence-electron chi connectivity index (χ2n) is 5.60. The second kappa shape index (κ2) is 12.0. The lowest BCUT2D eigenvalue weighted by molar-refractivity contribution is -0.138. The van der Waals surface area contributed by atoms with E-state index in [1.165, 1.54) is 5.39 Å². The van der Waals surface area contributed by atoms with Gasteiger partial charge in [-0.15, -0.1) is 0 Å². The lowest BCUT2D eigenvalue weighted by atomic mass is 10.1. The maximum atomic E-state index is 10.1. The molecule has 2 aromatic rings. The molecule has 0 amide bonds. The third kappa shape index (κ3) is 9.56. The van der Waals surface area contributed by atoms with Gasteiger partial charge in [-0.3, -0.25) is 14.6 Å². The number of hydrogen-bond acceptors (Lipinski definition) is 3. The number of carboxylic acids is 2. The van der Waals surface area contributed by atoms with Crippen LogP contribution in [0, 0.1) is 0 Å². The lowest BCUT2D eigenvalue weighted by Crippen LogP contribution is -1.94. The Morgan fingerprint density at radius 1 is 0.750 bits per heavy atom. The lowest BCUT2D eigenvalue weighted by Gasteiger charge is -1.98. The number of pyridine rings is 1. The van der Waals surface area contributed by atoms with Crippen molar-refractivity contribution in [1.29, 1.82) is 0 Å². The Kier molecular flexibility index (Phi) is 9.85. The van der Waals surface area contributed by atoms with E-state index in [-0.39, 0.29) is 12.8 Å². The van der Waals surface area contributed by atoms with Crippen molar-refractivity contribution in [1.82, 2.24) is 4.98 Å². The molecule has 0 spiro atoms. The third-order valence-electron chi connectivity index (χ3n) is 3.54. The standard InChI is InChI=1S/C10H18O4.C9H7N/c11-9(12)7-5-3-1-2-4-6-8-10(13)14;1-2-6-9-8(4-1)5-3-7-10-9/h1-8H2,(H,11,12)(H,13,14);1-7H. The molecule has 0 aliphatic rings. The molecule has 0 aliphatic heterocycles. The number of rotatable bonds is 9. The summed E-state index contributed by atoms with van der Waals surface area (Å²) in [6, 6.07) is 12.1. The minimum atomic E-state index is -0.740. The van der Waals surface area contributed by atoms with Gasteiger partial charge in [0.1, 0.15) is 0 Å². The molecule has 5 heteroatoms. The Morgan fingerprint density at radius 3 is 1.79 bits per heavy atom. The van der Waals surface area contributed by atoms with Crippen LogP contribution in [0.2, 0.25) is 0 Å². The van der Waals surface area contributed by atoms with Crippen molar-refractivity contribution < 1.29 is 19.8 Å². The molecule has 130 valence electrons. The van der Waals surface area contributed by atoms with Crippen LogP contribution in [0.15, 0.2) is 42.6 Å². The number of fused-ring (bicyclic) bond motifs is 1. The first-order valence-corrected chi connectivity index (χ1v) is 8.33. The van der Waals surface area contributed by atoms with Gasteiger partial charge in [0.25, 0.3) is 0 Å². The zero-order valence-electron chi connectivity index (χ0n) is 13.9. The van der Waals surface area contributed by atoms with Crippen LogP contribution >= 0.6 is 0 Å². The minimum Gasteiger partial charge on any atom is -0.481 e. The molecule has 0 saturated carbocycles. The molecule has 1 aromatic heterocycles. The number of benzene rings is 1. The summed E-state index contributed by atoms with van der Waals surface area (Å²) in [4.78, 5) is 24.5. The van der Waals surface area contributed by atoms with Gasteiger partial charge in [-0.25, -0.2) is 0 Å². The summed E-state index contributed by atoms with van der Waals surface area (Å²) in [6.45, 7) is 0. The van der Waals surface area contributed by atoms with Crippen molar-refractivity contribution in [2.45, 2.75) is 51.4 Å². The number of carboxylic acid groups (broad SMARTS) is 2. The van der Waals surface area contributed by atoms with E-state index >= 15 is 0 Å². The molecule has 0 atom stereocenters. The van der Waals surface area contributed by atoms with Crippen molar-refractivity contribution in [2.75, 3.05) is 0 Å². The van der Waals surface area contributed by atoms with Crippen LogP contribution < -0.4 is 0 Å². The number of carbonyl (C=O) groups is 2. The summed E-state index contributed by atoms with van der Waals surface area (Å²) >= 11 is 0. The van der Waals surface area contributed by atoms with Crippen molar-refractivity contribution in [3.05, 3.63) is 42.6 Å². The highest BCUT2D eigenvalue weighted by Crippen LogP contribution is 2.09. The molecule has 2 rings (SSSR count). The van der Waals surface area contributed by atoms with Gasteiger partial charge in [0.15, 0.2) is 0 Å². The van der Waals surface area contributed by atoms with E-state index in [2.05, 4.69) is 17.1 Å². The zero-order chi connectivity index (χ0) is 17.6. The molecule has 1 aromatic carbocycles. The molecule has 0 unspecified atom stereocenters. The van der Waals surface area contributed by atoms with E-state index in [0.29, 0.717) is 0 Å². The molecule has 5 nitrogen and oxygen atoms in total. The van der Waals surface area contributed by atoms with Gasteiger partial charge in [-0.05, 0) is 25.0 Å². The average molecular weight is 331 g/mol. The molecule has 0 bridgehead atoms. The Morgan fingerprint density at radius 2 is 1.25 bits per heavy atom. The van der Waals surface area contributed by atoms with E-state index in [0.717, 1.165) is 44.0 Å². The van der Waals surface area contributed by atoms with E-state index in [1.54, 1.807) is 0 Å². The van der Waals surface area contributed by atoms with Gasteiger partial charge >= 0.3 is 11.9 Å². The fraction of sp³-hybridized carbons (Fsp3) is 0.421. The predicted molar refractivity (Wildman–Crippen MR) is 94.0 cm³/mol. The molecule has 0 aliphatic carbocycles. The number of nitrogens with zero attached hydrogens (tertiary/aromatic N) is 1. The summed E-state index contributed by atoms with van der Waals surface area (Å²) in [7, 11) is 0. The van der Waals surface area contributed by atoms with Crippen molar-refractivity contribution in [3.63, 3.8) is 0 Å². The molecule has 0 saturated heterocycles. The van der Waals surface area contributed by atoms with E-state index in [1.807, 2.05) is 30.5 Å². The van der Waals surface area contributed by atoms with Crippen LogP contribution in [0.1, 0.15) is 51.4 Å². The van der Waals surface area contributed by atoms with Crippen LogP contribution in [0.25, 0.3) is 10.9 Å². The topological polar surface area (TPSA) is 87.5 Å². The number of unbranched alkanes of at least 4 members (excludes halogenated alkanes) is 5. The molecule has 1 heterocycles. The first-order chi connectivity index (χ1) is 11.6. The first-order valence-electron chi connectivity index (χ1n) is 8.33. The van der Waals surface area contributed by atoms with Crippen molar-refractivity contribution >= 4 is 22.8 Å². The summed E-state index contributed by atoms with van der Waals surface area (Å²) in [6.07, 6.45) is 7.63. The van der Waals surface area contributed by atoms with Gasteiger partial charge in [0.2, 0.25) is 0 Å². The summed E-state index contributed by atoms with van der Waals surface area (Å²) in [5.74, 6) is -1.48. The third-order valence-corrected chi connectivity index (χ3v) is 3.54. The largest absolute Gasteiger partial charge is 0.481 e. The summed E-state index contributed by atoms with van der Waals surface area (Å²) in [5.41, 5.74) is 1.06. The number of aliphatic carboxylic acids is 2. The predicted octanol–water partition coefficient (Wildman–Crippen LogP) is 4.51. The summed E-state index contributed by atoms with van der Waals surface area (Å²) in [5, 5.41) is 17.9. The fourth-order valence-electron chi connectivity index (χ4n) is 2.28. The van der Waals surface area contributed by atoms with Gasteiger partial charge in [-0.2, -0.15) is 0 Å². The second-order valence-corrected chi connectivity index (χ2v) is 5.60. The van der Waals surface area contributed by atoms with E-state index in [9.17, 15) is 9.59 Å². The smallest absolute Gasteiger partial charge is 0.303 e. The Labute approximate surface area is 142 Å². The normalized spacial score (nSPS) is 10.0. The molecule has 2 N–H and O–H groups in total. The molecule has 0 fully saturated rings. The highest BCUT2D eigenvalue weighted by molar-refractivity contribution is 5.77. The quantitative estimate of drug-likeness (QED) is 0.660. The van der Waals surface area contributed by atoms with Crippen LogP contribution in [-0.4, -0.2) is 27.1 Å². The maximum absolute atomic E-state index is 10.1. The van der Waals surface area contributed by atoms with Gasteiger partial charge in [-0.1, -0.05) is 49.9 Å². The van der Waals surface area contributed by atoms with Crippen LogP contribution in [0.3, 0.4) is 0 Å². The van der Waals surface area contributed by atoms with Gasteiger partial charge < -0.3 is 10.2 Å². The fourth-order valence-corrected chi connectivity index (χ4v) is 2.28. The highest BCUT2D eigenvalue weighted by atomic mass is 16.4. The summed E-state index contributed by atoms with van der Waals surface area (Å²) < 4.78 is 0. The van der Waals surface area contributed by atoms with Crippen molar-refractivity contribution in [2.24, 2.45) is 0 Å². The number of hydrogen-bond donors (Lipinski definition) is 2. The van der Waals surface area contributed by atoms with Gasteiger partial charge in [0, 0.05) is 24.4 Å². The Hall–Kier alpha value is -2.43. The monoisotopic (exact) mass is 331 g/mol. The SMILES string of the molecule is O=C(O)CCCCCCCCC(=O)O.c1ccc2ncccc2c1. The number of aromatic nitrogens is 1. The van der Waals surface area contributed by atoms with Crippen LogP contribution in [-0.2, 0) is 9.59 Å². The Bertz CT molecular complexity index is 542. The highest BCUT2D eigenvalue weighted by Gasteiger charge is 1.98. The van der Waals surface area contributed by atoms with E-state index in [4.69, 9.17) is 10.2 Å². The minimum absolute atomic E-state index is 0.245. The van der Waals surface area contributed by atoms with Crippen LogP contribution in [0.4, 0.5) is 0 Å². The maximum Gasteiger partial charge on any atom is 0.303 e. The Balaban J connectivity index is 0.000000250. The molecular weight excluding hydrogens is 306 g/mol. The number of para-hydroxylation sites is 1. The van der Waals surface area contributed by atoms with Crippen LogP contribution in [0.5, 0.6) is 0 Å². The molecule has 24 heavy (non-hydrogen) atoms. The van der Waals surface area contributed by atoms with Crippen molar-refractivity contribution in [3.8, 4) is 0 Å². The van der Waals surface area contributed by atoms with E-state index < -0.39 is 11.9 Å². The molecular formula is C19H25NO4. The molecule has 0 radical (unpaired) electrons. The first kappa shape index (κ1) is 19.6. The average Bonchev–Trinajstić information content (AvgIpc) is 2.57. The zero-order valence-corrected chi connectivity index (χ0v) is 13.9. The van der Waals surface area contributed by atoms with Gasteiger partial charge in [0.05, 0.1) is 5.52 Å².